The fourth-order valence-electron chi connectivity index (χ4n) is 2.56. The first-order valence-corrected chi connectivity index (χ1v) is 7.67. The predicted octanol–water partition coefficient (Wildman–Crippen LogP) is 3.83. The van der Waals surface area contributed by atoms with Crippen molar-refractivity contribution in [2.45, 2.75) is 39.8 Å². The van der Waals surface area contributed by atoms with Gasteiger partial charge in [0.15, 0.2) is 0 Å². The number of rotatable bonds is 6. The summed E-state index contributed by atoms with van der Waals surface area (Å²) in [5.74, 6) is 0. The van der Waals surface area contributed by atoms with Gasteiger partial charge in [-0.25, -0.2) is 0 Å². The van der Waals surface area contributed by atoms with E-state index in [1.54, 1.807) is 0 Å². The second-order valence-electron chi connectivity index (χ2n) is 5.36. The molecular weight excluding hydrogens is 258 g/mol. The van der Waals surface area contributed by atoms with Gasteiger partial charge in [-0.2, -0.15) is 0 Å². The molecule has 0 fully saturated rings. The summed E-state index contributed by atoms with van der Waals surface area (Å²) in [6.07, 6.45) is 0.942. The Morgan fingerprint density at radius 3 is 2.52 bits per heavy atom. The summed E-state index contributed by atoms with van der Waals surface area (Å²) in [4.78, 5) is 6.95. The number of aromatic nitrogens is 1. The maximum atomic E-state index is 6.26. The minimum Gasteiger partial charge on any atom is -0.366 e. The number of aryl methyl sites for hydroxylation is 1. The Kier molecular flexibility index (Phi) is 5.34. The molecule has 2 rings (SSSR count). The van der Waals surface area contributed by atoms with Crippen LogP contribution in [0.3, 0.4) is 0 Å². The molecule has 21 heavy (non-hydrogen) atoms. The van der Waals surface area contributed by atoms with E-state index in [9.17, 15) is 0 Å². The molecule has 112 valence electrons. The summed E-state index contributed by atoms with van der Waals surface area (Å²) in [6, 6.07) is 14.7. The maximum absolute atomic E-state index is 6.26. The molecule has 2 aromatic rings. The number of hydrogen-bond acceptors (Lipinski definition) is 3. The van der Waals surface area contributed by atoms with Crippen molar-refractivity contribution in [1.82, 2.24) is 4.98 Å². The van der Waals surface area contributed by atoms with Crippen molar-refractivity contribution in [3.8, 4) is 0 Å². The van der Waals surface area contributed by atoms with Gasteiger partial charge >= 0.3 is 0 Å². The summed E-state index contributed by atoms with van der Waals surface area (Å²) < 4.78 is 0. The van der Waals surface area contributed by atoms with Crippen molar-refractivity contribution in [3.05, 3.63) is 59.4 Å². The number of nitrogens with two attached hydrogens (primary N) is 1. The molecule has 1 heterocycles. The van der Waals surface area contributed by atoms with E-state index < -0.39 is 0 Å². The molecule has 1 aromatic carbocycles. The van der Waals surface area contributed by atoms with Crippen LogP contribution in [-0.2, 0) is 6.54 Å². The van der Waals surface area contributed by atoms with Crippen LogP contribution in [0.1, 0.15) is 43.3 Å². The first-order chi connectivity index (χ1) is 10.2. The Bertz CT molecular complexity index is 580. The SMILES string of the molecule is CCC(N)c1ccccc1N(CC)Cc1cccc(C)n1. The Balaban J connectivity index is 2.29. The third-order valence-corrected chi connectivity index (χ3v) is 3.80. The fourth-order valence-corrected chi connectivity index (χ4v) is 2.56. The lowest BCUT2D eigenvalue weighted by Crippen LogP contribution is -2.25. The van der Waals surface area contributed by atoms with E-state index in [0.29, 0.717) is 0 Å². The van der Waals surface area contributed by atoms with Crippen LogP contribution in [0.25, 0.3) is 0 Å². The average molecular weight is 283 g/mol. The predicted molar refractivity (Wildman–Crippen MR) is 89.4 cm³/mol. The molecule has 2 N–H and O–H groups in total. The van der Waals surface area contributed by atoms with Crippen molar-refractivity contribution in [3.63, 3.8) is 0 Å². The van der Waals surface area contributed by atoms with Gasteiger partial charge in [-0.1, -0.05) is 31.2 Å². The molecule has 0 radical (unpaired) electrons. The molecule has 0 aliphatic carbocycles. The van der Waals surface area contributed by atoms with E-state index in [0.717, 1.165) is 30.9 Å². The molecule has 0 amide bonds. The van der Waals surface area contributed by atoms with Crippen LogP contribution in [0.15, 0.2) is 42.5 Å². The monoisotopic (exact) mass is 283 g/mol. The van der Waals surface area contributed by atoms with Crippen molar-refractivity contribution in [2.24, 2.45) is 5.73 Å². The molecule has 0 aliphatic rings. The zero-order valence-electron chi connectivity index (χ0n) is 13.2. The highest BCUT2D eigenvalue weighted by Crippen LogP contribution is 2.27. The average Bonchev–Trinajstić information content (AvgIpc) is 2.52. The van der Waals surface area contributed by atoms with Crippen LogP contribution in [0, 0.1) is 6.92 Å². The number of anilines is 1. The van der Waals surface area contributed by atoms with Crippen molar-refractivity contribution in [1.29, 1.82) is 0 Å². The van der Waals surface area contributed by atoms with E-state index in [1.165, 1.54) is 11.3 Å². The summed E-state index contributed by atoms with van der Waals surface area (Å²) in [5, 5.41) is 0. The Morgan fingerprint density at radius 2 is 1.86 bits per heavy atom. The molecule has 0 saturated carbocycles. The fraction of sp³-hybridized carbons (Fsp3) is 0.389. The largest absolute Gasteiger partial charge is 0.366 e. The summed E-state index contributed by atoms with van der Waals surface area (Å²) in [5.41, 5.74) is 10.9. The lowest BCUT2D eigenvalue weighted by Gasteiger charge is -2.27. The molecule has 0 aliphatic heterocycles. The van der Waals surface area contributed by atoms with Gasteiger partial charge in [-0.15, -0.1) is 0 Å². The third kappa shape index (κ3) is 3.82. The van der Waals surface area contributed by atoms with Gasteiger partial charge in [0.1, 0.15) is 0 Å². The molecule has 0 saturated heterocycles. The van der Waals surface area contributed by atoms with Crippen LogP contribution >= 0.6 is 0 Å². The zero-order valence-corrected chi connectivity index (χ0v) is 13.2. The van der Waals surface area contributed by atoms with Crippen LogP contribution in [-0.4, -0.2) is 11.5 Å². The number of pyridine rings is 1. The second kappa shape index (κ2) is 7.23. The van der Waals surface area contributed by atoms with Gasteiger partial charge in [-0.05, 0) is 44.0 Å². The first-order valence-electron chi connectivity index (χ1n) is 7.67. The highest BCUT2D eigenvalue weighted by Gasteiger charge is 2.14. The maximum Gasteiger partial charge on any atom is 0.0602 e. The van der Waals surface area contributed by atoms with Gasteiger partial charge in [-0.3, -0.25) is 4.98 Å². The minimum atomic E-state index is 0.0840. The Hall–Kier alpha value is -1.87. The highest BCUT2D eigenvalue weighted by molar-refractivity contribution is 5.55. The van der Waals surface area contributed by atoms with Gasteiger partial charge in [0.25, 0.3) is 0 Å². The van der Waals surface area contributed by atoms with Crippen LogP contribution in [0.4, 0.5) is 5.69 Å². The quantitative estimate of drug-likeness (QED) is 0.876. The standard InChI is InChI=1S/C18H25N3/c1-4-17(19)16-11-6-7-12-18(16)21(5-2)13-15-10-8-9-14(3)20-15/h6-12,17H,4-5,13,19H2,1-3H3. The van der Waals surface area contributed by atoms with E-state index >= 15 is 0 Å². The smallest absolute Gasteiger partial charge is 0.0602 e. The summed E-state index contributed by atoms with van der Waals surface area (Å²) in [7, 11) is 0. The van der Waals surface area contributed by atoms with Crippen molar-refractivity contribution < 1.29 is 0 Å². The number of para-hydroxylation sites is 1. The van der Waals surface area contributed by atoms with E-state index in [-0.39, 0.29) is 6.04 Å². The molecule has 0 spiro atoms. The van der Waals surface area contributed by atoms with Crippen molar-refractivity contribution in [2.75, 3.05) is 11.4 Å². The minimum absolute atomic E-state index is 0.0840. The lowest BCUT2D eigenvalue weighted by atomic mass is 10.0. The highest BCUT2D eigenvalue weighted by atomic mass is 15.1. The summed E-state index contributed by atoms with van der Waals surface area (Å²) >= 11 is 0. The molecule has 1 atom stereocenters. The molecule has 1 aromatic heterocycles. The molecule has 1 unspecified atom stereocenters. The van der Waals surface area contributed by atoms with Gasteiger partial charge in [0, 0.05) is 24.0 Å². The van der Waals surface area contributed by atoms with Crippen LogP contribution < -0.4 is 10.6 Å². The molecule has 0 bridgehead atoms. The van der Waals surface area contributed by atoms with E-state index in [1.807, 2.05) is 13.0 Å². The van der Waals surface area contributed by atoms with Crippen molar-refractivity contribution >= 4 is 5.69 Å². The molecular formula is C18H25N3. The van der Waals surface area contributed by atoms with Crippen LogP contribution in [0.5, 0.6) is 0 Å². The lowest BCUT2D eigenvalue weighted by molar-refractivity contribution is 0.688. The summed E-state index contributed by atoms with van der Waals surface area (Å²) in [6.45, 7) is 8.07. The van der Waals surface area contributed by atoms with Gasteiger partial charge in [0.05, 0.1) is 12.2 Å². The normalized spacial score (nSPS) is 12.2. The van der Waals surface area contributed by atoms with Gasteiger partial charge < -0.3 is 10.6 Å². The molecule has 3 heteroatoms. The topological polar surface area (TPSA) is 42.1 Å². The first kappa shape index (κ1) is 15.5. The molecule has 3 nitrogen and oxygen atoms in total. The van der Waals surface area contributed by atoms with Gasteiger partial charge in [0.2, 0.25) is 0 Å². The Morgan fingerprint density at radius 1 is 1.10 bits per heavy atom. The zero-order chi connectivity index (χ0) is 15.2. The van der Waals surface area contributed by atoms with E-state index in [2.05, 4.69) is 60.1 Å². The number of nitrogens with zero attached hydrogens (tertiary/aromatic N) is 2. The number of hydrogen-bond donors (Lipinski definition) is 1. The Labute approximate surface area is 127 Å². The van der Waals surface area contributed by atoms with E-state index in [4.69, 9.17) is 5.73 Å². The number of benzene rings is 1. The van der Waals surface area contributed by atoms with Crippen LogP contribution in [0.2, 0.25) is 0 Å². The second-order valence-corrected chi connectivity index (χ2v) is 5.36. The third-order valence-electron chi connectivity index (χ3n) is 3.80.